The average molecular weight is 369 g/mol. The van der Waals surface area contributed by atoms with Gasteiger partial charge >= 0.3 is 0 Å². The summed E-state index contributed by atoms with van der Waals surface area (Å²) in [6, 6.07) is 6.50. The van der Waals surface area contributed by atoms with Crippen LogP contribution in [0.2, 0.25) is 5.02 Å². The Kier molecular flexibility index (Phi) is 4.05. The molecule has 0 aromatic carbocycles. The summed E-state index contributed by atoms with van der Waals surface area (Å²) in [5.41, 5.74) is 1.05. The third-order valence-corrected chi connectivity index (χ3v) is 3.93. The van der Waals surface area contributed by atoms with E-state index in [0.29, 0.717) is 16.8 Å². The number of hydrogen-bond acceptors (Lipinski definition) is 6. The summed E-state index contributed by atoms with van der Waals surface area (Å²) < 4.78 is 3.04. The van der Waals surface area contributed by atoms with Crippen LogP contribution in [-0.4, -0.2) is 40.3 Å². The van der Waals surface area contributed by atoms with Crippen LogP contribution in [0.5, 0.6) is 0 Å². The van der Waals surface area contributed by atoms with Crippen molar-refractivity contribution in [2.45, 2.75) is 13.0 Å². The Bertz CT molecular complexity index is 1070. The fourth-order valence-electron chi connectivity index (χ4n) is 2.51. The molecule has 1 atom stereocenters. The minimum atomic E-state index is -0.429. The summed E-state index contributed by atoms with van der Waals surface area (Å²) in [6.07, 6.45) is 6.25. The number of fused-ring (bicyclic) bond motifs is 1. The molecule has 0 aliphatic heterocycles. The van der Waals surface area contributed by atoms with Crippen LogP contribution in [0.1, 0.15) is 29.3 Å². The van der Waals surface area contributed by atoms with Gasteiger partial charge in [-0.2, -0.15) is 14.9 Å². The van der Waals surface area contributed by atoms with Gasteiger partial charge in [-0.3, -0.25) is 4.79 Å². The molecule has 0 spiro atoms. The Hall–Kier alpha value is -3.33. The largest absolute Gasteiger partial charge is 0.341 e. The Balaban J connectivity index is 1.57. The van der Waals surface area contributed by atoms with Crippen LogP contribution in [0.15, 0.2) is 49.2 Å². The topological polar surface area (TPSA) is 103 Å². The molecule has 1 N–H and O–H groups in total. The molecule has 4 aromatic rings. The SMILES string of the molecule is C[C@@H](NC(=O)c1cc2ccc(Cl)cn2n1)c1ncnn1-c1ncccn1. The second kappa shape index (κ2) is 6.52. The van der Waals surface area contributed by atoms with Crippen LogP contribution in [0.4, 0.5) is 0 Å². The standard InChI is InChI=1S/C16H13ClN8O/c1-10(14-20-9-21-25(14)16-18-5-2-6-19-16)22-15(26)13-7-12-4-3-11(17)8-24(12)23-13/h2-10H,1H3,(H,22,26)/t10-/m1/s1. The van der Waals surface area contributed by atoms with E-state index in [-0.39, 0.29) is 11.6 Å². The van der Waals surface area contributed by atoms with Crippen molar-refractivity contribution in [1.82, 2.24) is 39.7 Å². The number of hydrogen-bond donors (Lipinski definition) is 1. The maximum absolute atomic E-state index is 12.5. The van der Waals surface area contributed by atoms with Crippen LogP contribution in [0.3, 0.4) is 0 Å². The monoisotopic (exact) mass is 368 g/mol. The minimum Gasteiger partial charge on any atom is -0.341 e. The Morgan fingerprint density at radius 3 is 2.85 bits per heavy atom. The zero-order chi connectivity index (χ0) is 18.1. The third kappa shape index (κ3) is 3.00. The zero-order valence-electron chi connectivity index (χ0n) is 13.6. The molecule has 26 heavy (non-hydrogen) atoms. The molecular weight excluding hydrogens is 356 g/mol. The quantitative estimate of drug-likeness (QED) is 0.589. The number of carbonyl (C=O) groups is 1. The van der Waals surface area contributed by atoms with Gasteiger partial charge in [-0.15, -0.1) is 0 Å². The van der Waals surface area contributed by atoms with Crippen molar-refractivity contribution in [1.29, 1.82) is 0 Å². The molecule has 4 rings (SSSR count). The van der Waals surface area contributed by atoms with Gasteiger partial charge in [0, 0.05) is 18.6 Å². The second-order valence-corrected chi connectivity index (χ2v) is 5.96. The highest BCUT2D eigenvalue weighted by molar-refractivity contribution is 6.30. The highest BCUT2D eigenvalue weighted by Crippen LogP contribution is 2.15. The first-order valence-corrected chi connectivity index (χ1v) is 8.13. The van der Waals surface area contributed by atoms with Gasteiger partial charge in [0.25, 0.3) is 11.9 Å². The van der Waals surface area contributed by atoms with Crippen molar-refractivity contribution in [3.63, 3.8) is 0 Å². The van der Waals surface area contributed by atoms with Crippen LogP contribution in [-0.2, 0) is 0 Å². The summed E-state index contributed by atoms with van der Waals surface area (Å²) >= 11 is 5.94. The van der Waals surface area contributed by atoms with E-state index in [9.17, 15) is 4.79 Å². The van der Waals surface area contributed by atoms with Crippen LogP contribution in [0.25, 0.3) is 11.5 Å². The number of aromatic nitrogens is 7. The number of nitrogens with one attached hydrogen (secondary N) is 1. The molecule has 0 fully saturated rings. The van der Waals surface area contributed by atoms with Crippen LogP contribution in [0, 0.1) is 0 Å². The Labute approximate surface area is 152 Å². The lowest BCUT2D eigenvalue weighted by atomic mass is 10.3. The van der Waals surface area contributed by atoms with Gasteiger partial charge in [0.2, 0.25) is 0 Å². The van der Waals surface area contributed by atoms with Crippen molar-refractivity contribution in [3.05, 3.63) is 65.7 Å². The van der Waals surface area contributed by atoms with Gasteiger partial charge in [-0.1, -0.05) is 11.6 Å². The highest BCUT2D eigenvalue weighted by Gasteiger charge is 2.20. The molecule has 4 heterocycles. The van der Waals surface area contributed by atoms with E-state index in [1.54, 1.807) is 54.3 Å². The van der Waals surface area contributed by atoms with Crippen molar-refractivity contribution in [3.8, 4) is 5.95 Å². The Morgan fingerprint density at radius 2 is 2.04 bits per heavy atom. The normalized spacial score (nSPS) is 12.2. The van der Waals surface area contributed by atoms with E-state index >= 15 is 0 Å². The average Bonchev–Trinajstić information content (AvgIpc) is 3.29. The van der Waals surface area contributed by atoms with Gasteiger partial charge in [-0.05, 0) is 31.2 Å². The maximum atomic E-state index is 12.5. The van der Waals surface area contributed by atoms with E-state index in [1.165, 1.54) is 11.0 Å². The minimum absolute atomic E-state index is 0.279. The molecule has 0 aliphatic rings. The zero-order valence-corrected chi connectivity index (χ0v) is 14.4. The van der Waals surface area contributed by atoms with E-state index in [2.05, 4.69) is 30.5 Å². The van der Waals surface area contributed by atoms with Crippen molar-refractivity contribution < 1.29 is 4.79 Å². The summed E-state index contributed by atoms with van der Waals surface area (Å²) in [6.45, 7) is 1.80. The predicted octanol–water partition coefficient (Wildman–Crippen LogP) is 1.85. The number of carbonyl (C=O) groups excluding carboxylic acids is 1. The lowest BCUT2D eigenvalue weighted by Crippen LogP contribution is -2.29. The summed E-state index contributed by atoms with van der Waals surface area (Å²) in [5, 5.41) is 11.8. The number of pyridine rings is 1. The molecule has 0 saturated heterocycles. The molecule has 4 aromatic heterocycles. The fraction of sp³-hybridized carbons (Fsp3) is 0.125. The second-order valence-electron chi connectivity index (χ2n) is 5.52. The summed E-state index contributed by atoms with van der Waals surface area (Å²) in [5.74, 6) is 0.556. The first kappa shape index (κ1) is 16.2. The predicted molar refractivity (Wildman–Crippen MR) is 93.0 cm³/mol. The highest BCUT2D eigenvalue weighted by atomic mass is 35.5. The summed E-state index contributed by atoms with van der Waals surface area (Å²) in [7, 11) is 0. The molecule has 10 heteroatoms. The molecular formula is C16H13ClN8O. The van der Waals surface area contributed by atoms with E-state index in [4.69, 9.17) is 11.6 Å². The van der Waals surface area contributed by atoms with Crippen molar-refractivity contribution >= 4 is 23.0 Å². The lowest BCUT2D eigenvalue weighted by Gasteiger charge is -2.12. The van der Waals surface area contributed by atoms with Gasteiger partial charge in [0.05, 0.1) is 16.6 Å². The van der Waals surface area contributed by atoms with Gasteiger partial charge < -0.3 is 5.32 Å². The molecule has 1 amide bonds. The number of rotatable bonds is 4. The molecule has 0 radical (unpaired) electrons. The van der Waals surface area contributed by atoms with Crippen LogP contribution >= 0.6 is 11.6 Å². The number of nitrogens with zero attached hydrogens (tertiary/aromatic N) is 7. The smallest absolute Gasteiger partial charge is 0.272 e. The van der Waals surface area contributed by atoms with Gasteiger partial charge in [0.1, 0.15) is 6.33 Å². The Morgan fingerprint density at radius 1 is 1.23 bits per heavy atom. The third-order valence-electron chi connectivity index (χ3n) is 3.71. The molecule has 0 bridgehead atoms. The van der Waals surface area contributed by atoms with E-state index < -0.39 is 6.04 Å². The summed E-state index contributed by atoms with van der Waals surface area (Å²) in [4.78, 5) is 25.0. The molecule has 0 saturated carbocycles. The van der Waals surface area contributed by atoms with Gasteiger partial charge in [-0.25, -0.2) is 19.5 Å². The molecule has 130 valence electrons. The maximum Gasteiger partial charge on any atom is 0.272 e. The number of amides is 1. The van der Waals surface area contributed by atoms with Crippen LogP contribution < -0.4 is 5.32 Å². The molecule has 0 unspecified atom stereocenters. The lowest BCUT2D eigenvalue weighted by molar-refractivity contribution is 0.0932. The van der Waals surface area contributed by atoms with Crippen molar-refractivity contribution in [2.75, 3.05) is 0 Å². The first-order chi connectivity index (χ1) is 12.6. The number of halogens is 1. The van der Waals surface area contributed by atoms with E-state index in [0.717, 1.165) is 5.52 Å². The van der Waals surface area contributed by atoms with Crippen molar-refractivity contribution in [2.24, 2.45) is 0 Å². The van der Waals surface area contributed by atoms with E-state index in [1.807, 2.05) is 0 Å². The fourth-order valence-corrected chi connectivity index (χ4v) is 2.66. The first-order valence-electron chi connectivity index (χ1n) is 7.75. The molecule has 9 nitrogen and oxygen atoms in total. The molecule has 0 aliphatic carbocycles. The van der Waals surface area contributed by atoms with Gasteiger partial charge in [0.15, 0.2) is 11.5 Å².